The Morgan fingerprint density at radius 2 is 2.28 bits per heavy atom. The number of methoxy groups -OCH3 is 1. The zero-order chi connectivity index (χ0) is 13.0. The topological polar surface area (TPSA) is 52.0 Å². The summed E-state index contributed by atoms with van der Waals surface area (Å²) in [4.78, 5) is 4.45. The molecule has 98 valence electrons. The number of aryl methyl sites for hydroxylation is 2. The maximum absolute atomic E-state index is 5.01. The van der Waals surface area contributed by atoms with Gasteiger partial charge in [0.1, 0.15) is 0 Å². The van der Waals surface area contributed by atoms with E-state index in [0.717, 1.165) is 42.8 Å². The minimum absolute atomic E-state index is 0.798. The molecule has 0 saturated heterocycles. The highest BCUT2D eigenvalue weighted by molar-refractivity contribution is 5.78. The Hall–Kier alpha value is -1.46. The van der Waals surface area contributed by atoms with Crippen LogP contribution in [-0.2, 0) is 18.3 Å². The second kappa shape index (κ2) is 5.93. The van der Waals surface area contributed by atoms with Crippen molar-refractivity contribution in [2.24, 2.45) is 7.05 Å². The van der Waals surface area contributed by atoms with Crippen molar-refractivity contribution in [3.8, 4) is 0 Å². The Balaban J connectivity index is 1.99. The summed E-state index contributed by atoms with van der Waals surface area (Å²) in [6.07, 6.45) is 2.94. The Morgan fingerprint density at radius 1 is 1.44 bits per heavy atom. The van der Waals surface area contributed by atoms with E-state index in [1.54, 1.807) is 7.11 Å². The van der Waals surface area contributed by atoms with Gasteiger partial charge in [-0.1, -0.05) is 0 Å². The van der Waals surface area contributed by atoms with Gasteiger partial charge < -0.3 is 10.1 Å². The van der Waals surface area contributed by atoms with Crippen molar-refractivity contribution in [3.63, 3.8) is 0 Å². The first-order valence-corrected chi connectivity index (χ1v) is 6.20. The summed E-state index contributed by atoms with van der Waals surface area (Å²) in [5, 5.41) is 8.88. The van der Waals surface area contributed by atoms with Crippen molar-refractivity contribution in [2.45, 2.75) is 19.9 Å². The molecule has 0 aliphatic rings. The summed E-state index contributed by atoms with van der Waals surface area (Å²) in [5.41, 5.74) is 3.16. The third-order valence-corrected chi connectivity index (χ3v) is 2.95. The molecule has 0 saturated carbocycles. The van der Waals surface area contributed by atoms with Gasteiger partial charge in [-0.15, -0.1) is 0 Å². The van der Waals surface area contributed by atoms with E-state index in [0.29, 0.717) is 0 Å². The second-order valence-corrected chi connectivity index (χ2v) is 4.45. The fourth-order valence-corrected chi connectivity index (χ4v) is 2.02. The van der Waals surface area contributed by atoms with Gasteiger partial charge in [0.15, 0.2) is 5.65 Å². The lowest BCUT2D eigenvalue weighted by atomic mass is 10.2. The number of pyridine rings is 1. The molecule has 5 nitrogen and oxygen atoms in total. The third kappa shape index (κ3) is 2.86. The van der Waals surface area contributed by atoms with Crippen LogP contribution >= 0.6 is 0 Å². The number of hydrogen-bond donors (Lipinski definition) is 1. The summed E-state index contributed by atoms with van der Waals surface area (Å²) < 4.78 is 6.83. The molecule has 5 heteroatoms. The van der Waals surface area contributed by atoms with Crippen molar-refractivity contribution in [2.75, 3.05) is 20.3 Å². The third-order valence-electron chi connectivity index (χ3n) is 2.95. The van der Waals surface area contributed by atoms with Crippen LogP contribution in [0.1, 0.15) is 17.7 Å². The minimum atomic E-state index is 0.798. The van der Waals surface area contributed by atoms with Crippen LogP contribution in [0.4, 0.5) is 0 Å². The standard InChI is InChI=1S/C13H20N4O/c1-10-12-7-11(8-14-5-4-6-18-3)9-15-13(12)17(2)16-10/h7,9,14H,4-6,8H2,1-3H3. The molecule has 2 aromatic heterocycles. The predicted molar refractivity (Wildman–Crippen MR) is 71.4 cm³/mol. The lowest BCUT2D eigenvalue weighted by Gasteiger charge is -2.04. The first kappa shape index (κ1) is 13.0. The van der Waals surface area contributed by atoms with Gasteiger partial charge in [0.25, 0.3) is 0 Å². The molecule has 0 radical (unpaired) electrons. The number of aromatic nitrogens is 3. The van der Waals surface area contributed by atoms with Crippen LogP contribution in [0.3, 0.4) is 0 Å². The largest absolute Gasteiger partial charge is 0.385 e. The average molecular weight is 248 g/mol. The van der Waals surface area contributed by atoms with Crippen molar-refractivity contribution in [1.82, 2.24) is 20.1 Å². The molecule has 0 aliphatic carbocycles. The molecule has 2 rings (SSSR count). The number of hydrogen-bond acceptors (Lipinski definition) is 4. The molecule has 0 unspecified atom stereocenters. The fourth-order valence-electron chi connectivity index (χ4n) is 2.02. The molecule has 0 fully saturated rings. The van der Waals surface area contributed by atoms with E-state index in [9.17, 15) is 0 Å². The van der Waals surface area contributed by atoms with E-state index in [1.807, 2.05) is 24.9 Å². The van der Waals surface area contributed by atoms with Gasteiger partial charge in [-0.2, -0.15) is 5.10 Å². The van der Waals surface area contributed by atoms with E-state index >= 15 is 0 Å². The van der Waals surface area contributed by atoms with Gasteiger partial charge >= 0.3 is 0 Å². The molecule has 2 heterocycles. The van der Waals surface area contributed by atoms with Crippen LogP contribution in [0.25, 0.3) is 11.0 Å². The summed E-state index contributed by atoms with van der Waals surface area (Å²) in [6.45, 7) is 4.60. The number of rotatable bonds is 6. The number of fused-ring (bicyclic) bond motifs is 1. The molecule has 0 aromatic carbocycles. The van der Waals surface area contributed by atoms with Crippen LogP contribution in [0, 0.1) is 6.92 Å². The molecule has 0 spiro atoms. The van der Waals surface area contributed by atoms with Crippen molar-refractivity contribution in [1.29, 1.82) is 0 Å². The van der Waals surface area contributed by atoms with Gasteiger partial charge in [-0.05, 0) is 31.5 Å². The van der Waals surface area contributed by atoms with Crippen LogP contribution < -0.4 is 5.32 Å². The van der Waals surface area contributed by atoms with Crippen LogP contribution in [0.2, 0.25) is 0 Å². The molecule has 0 amide bonds. The van der Waals surface area contributed by atoms with Crippen molar-refractivity contribution < 1.29 is 4.74 Å². The second-order valence-electron chi connectivity index (χ2n) is 4.45. The van der Waals surface area contributed by atoms with E-state index < -0.39 is 0 Å². The summed E-state index contributed by atoms with van der Waals surface area (Å²) >= 11 is 0. The van der Waals surface area contributed by atoms with Crippen molar-refractivity contribution >= 4 is 11.0 Å². The highest BCUT2D eigenvalue weighted by Gasteiger charge is 2.06. The van der Waals surface area contributed by atoms with Crippen LogP contribution in [0.15, 0.2) is 12.3 Å². The van der Waals surface area contributed by atoms with E-state index in [1.165, 1.54) is 5.56 Å². The highest BCUT2D eigenvalue weighted by Crippen LogP contribution is 2.16. The van der Waals surface area contributed by atoms with Gasteiger partial charge in [0, 0.05) is 38.9 Å². The molecular weight excluding hydrogens is 228 g/mol. The fraction of sp³-hybridized carbons (Fsp3) is 0.538. The van der Waals surface area contributed by atoms with Gasteiger partial charge in [-0.25, -0.2) is 4.98 Å². The zero-order valence-corrected chi connectivity index (χ0v) is 11.2. The summed E-state index contributed by atoms with van der Waals surface area (Å²) in [6, 6.07) is 2.16. The molecule has 0 aliphatic heterocycles. The minimum Gasteiger partial charge on any atom is -0.385 e. The SMILES string of the molecule is COCCCNCc1cnc2c(c1)c(C)nn2C. The highest BCUT2D eigenvalue weighted by atomic mass is 16.5. The van der Waals surface area contributed by atoms with Gasteiger partial charge in [0.2, 0.25) is 0 Å². The van der Waals surface area contributed by atoms with Crippen LogP contribution in [-0.4, -0.2) is 35.0 Å². The first-order valence-electron chi connectivity index (χ1n) is 6.20. The quantitative estimate of drug-likeness (QED) is 0.785. The Morgan fingerprint density at radius 3 is 3.06 bits per heavy atom. The average Bonchev–Trinajstić information content (AvgIpc) is 2.65. The molecule has 0 atom stereocenters. The normalized spacial score (nSPS) is 11.3. The smallest absolute Gasteiger partial charge is 0.157 e. The number of ether oxygens (including phenoxy) is 1. The van der Waals surface area contributed by atoms with Gasteiger partial charge in [-0.3, -0.25) is 4.68 Å². The molecule has 0 bridgehead atoms. The zero-order valence-electron chi connectivity index (χ0n) is 11.2. The summed E-state index contributed by atoms with van der Waals surface area (Å²) in [7, 11) is 3.65. The first-order chi connectivity index (χ1) is 8.72. The van der Waals surface area contributed by atoms with Gasteiger partial charge in [0.05, 0.1) is 5.69 Å². The van der Waals surface area contributed by atoms with Crippen LogP contribution in [0.5, 0.6) is 0 Å². The van der Waals surface area contributed by atoms with E-state index in [-0.39, 0.29) is 0 Å². The van der Waals surface area contributed by atoms with Crippen molar-refractivity contribution in [3.05, 3.63) is 23.5 Å². The molecule has 1 N–H and O–H groups in total. The lowest BCUT2D eigenvalue weighted by molar-refractivity contribution is 0.194. The molecule has 18 heavy (non-hydrogen) atoms. The number of nitrogens with one attached hydrogen (secondary N) is 1. The van der Waals surface area contributed by atoms with E-state index in [2.05, 4.69) is 21.5 Å². The maximum atomic E-state index is 5.01. The molecular formula is C13H20N4O. The Bertz CT molecular complexity index is 521. The Labute approximate surface area is 107 Å². The maximum Gasteiger partial charge on any atom is 0.157 e. The predicted octanol–water partition coefficient (Wildman–Crippen LogP) is 1.40. The summed E-state index contributed by atoms with van der Waals surface area (Å²) in [5.74, 6) is 0. The van der Waals surface area contributed by atoms with E-state index in [4.69, 9.17) is 4.74 Å². The monoisotopic (exact) mass is 248 g/mol. The molecule has 2 aromatic rings. The number of nitrogens with zero attached hydrogens (tertiary/aromatic N) is 3. The lowest BCUT2D eigenvalue weighted by Crippen LogP contribution is -2.16. The Kier molecular flexibility index (Phi) is 4.28.